The molecule has 1 N–H and O–H groups in total. The van der Waals surface area contributed by atoms with Gasteiger partial charge in [-0.25, -0.2) is 9.07 Å². The molecule has 2 heterocycles. The number of nitrogens with zero attached hydrogens (tertiary/aromatic N) is 3. The molecule has 2 aromatic rings. The van der Waals surface area contributed by atoms with Crippen LogP contribution in [0.5, 0.6) is 0 Å². The van der Waals surface area contributed by atoms with Crippen LogP contribution in [0.15, 0.2) is 30.5 Å². The van der Waals surface area contributed by atoms with Gasteiger partial charge in [0.15, 0.2) is 0 Å². The van der Waals surface area contributed by atoms with E-state index < -0.39 is 0 Å². The van der Waals surface area contributed by atoms with E-state index in [9.17, 15) is 14.0 Å². The van der Waals surface area contributed by atoms with Gasteiger partial charge >= 0.3 is 0 Å². The molecule has 7 heteroatoms. The zero-order valence-corrected chi connectivity index (χ0v) is 18.4. The molecule has 1 saturated heterocycles. The maximum Gasteiger partial charge on any atom is 0.222 e. The lowest BCUT2D eigenvalue weighted by atomic mass is 9.74. The number of halogens is 1. The van der Waals surface area contributed by atoms with Crippen molar-refractivity contribution in [2.45, 2.75) is 64.8 Å². The molecule has 2 aliphatic rings. The molecule has 31 heavy (non-hydrogen) atoms. The molecule has 0 bridgehead atoms. The van der Waals surface area contributed by atoms with Gasteiger partial charge in [-0.05, 0) is 61.8 Å². The normalized spacial score (nSPS) is 20.4. The van der Waals surface area contributed by atoms with Crippen LogP contribution in [-0.4, -0.2) is 39.6 Å². The summed E-state index contributed by atoms with van der Waals surface area (Å²) in [7, 11) is 0. The van der Waals surface area contributed by atoms with Gasteiger partial charge in [0.05, 0.1) is 23.6 Å². The number of likely N-dealkylation sites (tertiary alicyclic amines) is 1. The van der Waals surface area contributed by atoms with Gasteiger partial charge in [-0.3, -0.25) is 9.59 Å². The SMILES string of the molecule is CC1(C)Cc2c(cnn2-c2ccc(F)cc2)[C@@H](NC(=O)CCCN2CCCCC2=O)C1. The van der Waals surface area contributed by atoms with E-state index in [4.69, 9.17) is 0 Å². The molecule has 6 nitrogen and oxygen atoms in total. The number of amides is 2. The molecular weight excluding hydrogens is 395 g/mol. The lowest BCUT2D eigenvalue weighted by Crippen LogP contribution is -2.38. The average molecular weight is 427 g/mol. The summed E-state index contributed by atoms with van der Waals surface area (Å²) in [6.07, 6.45) is 7.23. The van der Waals surface area contributed by atoms with Gasteiger partial charge in [-0.15, -0.1) is 0 Å². The molecule has 1 atom stereocenters. The predicted octanol–water partition coefficient (Wildman–Crippen LogP) is 3.93. The molecular formula is C24H31FN4O2. The fraction of sp³-hybridized carbons (Fsp3) is 0.542. The zero-order chi connectivity index (χ0) is 22.0. The van der Waals surface area contributed by atoms with Crippen molar-refractivity contribution in [1.82, 2.24) is 20.0 Å². The Kier molecular flexibility index (Phi) is 6.12. The summed E-state index contributed by atoms with van der Waals surface area (Å²) >= 11 is 0. The topological polar surface area (TPSA) is 67.2 Å². The average Bonchev–Trinajstić information content (AvgIpc) is 3.13. The lowest BCUT2D eigenvalue weighted by Gasteiger charge is -2.36. The highest BCUT2D eigenvalue weighted by molar-refractivity contribution is 5.78. The smallest absolute Gasteiger partial charge is 0.222 e. The number of carbonyl (C=O) groups is 2. The second-order valence-electron chi connectivity index (χ2n) is 9.54. The third-order valence-electron chi connectivity index (χ3n) is 6.34. The van der Waals surface area contributed by atoms with Crippen LogP contribution in [0.1, 0.15) is 69.7 Å². The second-order valence-corrected chi connectivity index (χ2v) is 9.54. The van der Waals surface area contributed by atoms with Crippen LogP contribution in [0.2, 0.25) is 0 Å². The van der Waals surface area contributed by atoms with Gasteiger partial charge < -0.3 is 10.2 Å². The van der Waals surface area contributed by atoms with Crippen molar-refractivity contribution in [3.63, 3.8) is 0 Å². The van der Waals surface area contributed by atoms with Crippen molar-refractivity contribution in [2.24, 2.45) is 5.41 Å². The minimum Gasteiger partial charge on any atom is -0.349 e. The zero-order valence-electron chi connectivity index (χ0n) is 18.4. The molecule has 1 aliphatic heterocycles. The Hall–Kier alpha value is -2.70. The molecule has 0 saturated carbocycles. The van der Waals surface area contributed by atoms with Crippen LogP contribution in [0, 0.1) is 11.2 Å². The monoisotopic (exact) mass is 426 g/mol. The summed E-state index contributed by atoms with van der Waals surface area (Å²) in [5.41, 5.74) is 2.91. The molecule has 1 aromatic carbocycles. The Bertz CT molecular complexity index is 951. The Morgan fingerprint density at radius 3 is 2.77 bits per heavy atom. The van der Waals surface area contributed by atoms with E-state index in [0.717, 1.165) is 49.2 Å². The minimum atomic E-state index is -0.276. The third kappa shape index (κ3) is 4.97. The van der Waals surface area contributed by atoms with Crippen molar-refractivity contribution in [2.75, 3.05) is 13.1 Å². The van der Waals surface area contributed by atoms with E-state index >= 15 is 0 Å². The predicted molar refractivity (Wildman–Crippen MR) is 116 cm³/mol. The number of rotatable bonds is 6. The van der Waals surface area contributed by atoms with Crippen molar-refractivity contribution < 1.29 is 14.0 Å². The van der Waals surface area contributed by atoms with E-state index in [1.165, 1.54) is 12.1 Å². The first-order chi connectivity index (χ1) is 14.8. The molecule has 0 unspecified atom stereocenters. The summed E-state index contributed by atoms with van der Waals surface area (Å²) in [6, 6.07) is 6.21. The van der Waals surface area contributed by atoms with Gasteiger partial charge in [0, 0.05) is 31.5 Å². The summed E-state index contributed by atoms with van der Waals surface area (Å²) in [6.45, 7) is 5.84. The highest BCUT2D eigenvalue weighted by Gasteiger charge is 2.36. The number of benzene rings is 1. The number of hydrogen-bond acceptors (Lipinski definition) is 3. The summed E-state index contributed by atoms with van der Waals surface area (Å²) in [5.74, 6) is -0.0623. The van der Waals surface area contributed by atoms with E-state index in [-0.39, 0.29) is 29.1 Å². The number of carbonyl (C=O) groups excluding carboxylic acids is 2. The molecule has 1 aromatic heterocycles. The van der Waals surface area contributed by atoms with Crippen LogP contribution < -0.4 is 5.32 Å². The fourth-order valence-corrected chi connectivity index (χ4v) is 4.77. The maximum atomic E-state index is 13.3. The standard InChI is InChI=1S/C24H31FN4O2/c1-24(2)14-20(27-22(30)6-5-13-28-12-4-3-7-23(28)31)19-16-26-29(21(19)15-24)18-10-8-17(25)9-11-18/h8-11,16,20H,3-7,12-15H2,1-2H3,(H,27,30)/t20-/m0/s1. The summed E-state index contributed by atoms with van der Waals surface area (Å²) in [5, 5.41) is 7.75. The van der Waals surface area contributed by atoms with Crippen molar-refractivity contribution >= 4 is 11.8 Å². The van der Waals surface area contributed by atoms with E-state index in [2.05, 4.69) is 24.3 Å². The number of piperidine rings is 1. The first kappa shape index (κ1) is 21.5. The van der Waals surface area contributed by atoms with Crippen molar-refractivity contribution in [3.05, 3.63) is 47.5 Å². The minimum absolute atomic E-state index is 0.00296. The lowest BCUT2D eigenvalue weighted by molar-refractivity contribution is -0.133. The number of hydrogen-bond donors (Lipinski definition) is 1. The van der Waals surface area contributed by atoms with E-state index in [1.54, 1.807) is 12.1 Å². The van der Waals surface area contributed by atoms with E-state index in [0.29, 0.717) is 25.8 Å². The first-order valence-electron chi connectivity index (χ1n) is 11.2. The molecule has 0 spiro atoms. The van der Waals surface area contributed by atoms with Gasteiger partial charge in [0.25, 0.3) is 0 Å². The van der Waals surface area contributed by atoms with Gasteiger partial charge in [0.1, 0.15) is 5.82 Å². The Morgan fingerprint density at radius 2 is 2.03 bits per heavy atom. The van der Waals surface area contributed by atoms with E-state index in [1.807, 2.05) is 15.8 Å². The number of aromatic nitrogens is 2. The quantitative estimate of drug-likeness (QED) is 0.761. The summed E-state index contributed by atoms with van der Waals surface area (Å²) in [4.78, 5) is 26.5. The largest absolute Gasteiger partial charge is 0.349 e. The Morgan fingerprint density at radius 1 is 1.26 bits per heavy atom. The third-order valence-corrected chi connectivity index (χ3v) is 6.34. The fourth-order valence-electron chi connectivity index (χ4n) is 4.77. The maximum absolute atomic E-state index is 13.3. The molecule has 0 radical (unpaired) electrons. The van der Waals surface area contributed by atoms with Crippen LogP contribution in [0.3, 0.4) is 0 Å². The van der Waals surface area contributed by atoms with Crippen LogP contribution >= 0.6 is 0 Å². The number of nitrogens with one attached hydrogen (secondary N) is 1. The molecule has 166 valence electrons. The molecule has 2 amide bonds. The van der Waals surface area contributed by atoms with Crippen molar-refractivity contribution in [1.29, 1.82) is 0 Å². The van der Waals surface area contributed by atoms with Gasteiger partial charge in [-0.1, -0.05) is 13.8 Å². The van der Waals surface area contributed by atoms with Crippen LogP contribution in [0.25, 0.3) is 5.69 Å². The van der Waals surface area contributed by atoms with Gasteiger partial charge in [0.2, 0.25) is 11.8 Å². The molecule has 4 rings (SSSR count). The highest BCUT2D eigenvalue weighted by atomic mass is 19.1. The molecule has 1 fully saturated rings. The first-order valence-corrected chi connectivity index (χ1v) is 11.2. The van der Waals surface area contributed by atoms with Crippen LogP contribution in [-0.2, 0) is 16.0 Å². The van der Waals surface area contributed by atoms with Gasteiger partial charge in [-0.2, -0.15) is 5.10 Å². The second kappa shape index (κ2) is 8.81. The van der Waals surface area contributed by atoms with Crippen molar-refractivity contribution in [3.8, 4) is 5.69 Å². The molecule has 1 aliphatic carbocycles. The Balaban J connectivity index is 1.42. The van der Waals surface area contributed by atoms with Crippen LogP contribution in [0.4, 0.5) is 4.39 Å². The highest BCUT2D eigenvalue weighted by Crippen LogP contribution is 2.41. The Labute approximate surface area is 182 Å². The number of fused-ring (bicyclic) bond motifs is 1. The summed E-state index contributed by atoms with van der Waals surface area (Å²) < 4.78 is 15.2.